The third-order valence-corrected chi connectivity index (χ3v) is 1.95. The van der Waals surface area contributed by atoms with Gasteiger partial charge in [0.25, 0.3) is 0 Å². The van der Waals surface area contributed by atoms with Crippen LogP contribution in [0.25, 0.3) is 0 Å². The first kappa shape index (κ1) is 10.9. The van der Waals surface area contributed by atoms with Gasteiger partial charge in [0.05, 0.1) is 0 Å². The number of nitrogens with zero attached hydrogens (tertiary/aromatic N) is 1. The molecule has 0 aliphatic rings. The molecule has 4 heteroatoms. The van der Waals surface area contributed by atoms with E-state index >= 15 is 0 Å². The standard InChI is InChI=1S/C8H15NO3/c1-5(6(2)8(11)12)7(10)9(3)4/h5-6H,1-4H3,(H,11,12)/p-1. The van der Waals surface area contributed by atoms with Gasteiger partial charge in [0, 0.05) is 31.9 Å². The van der Waals surface area contributed by atoms with Gasteiger partial charge in [-0.15, -0.1) is 0 Å². The summed E-state index contributed by atoms with van der Waals surface area (Å²) in [7, 11) is 3.20. The second-order valence-electron chi connectivity index (χ2n) is 3.13. The minimum atomic E-state index is -1.18. The molecule has 0 saturated heterocycles. The van der Waals surface area contributed by atoms with Crippen molar-refractivity contribution >= 4 is 11.9 Å². The molecule has 0 aromatic rings. The SMILES string of the molecule is CC(C(=O)[O-])C(C)C(=O)N(C)C. The van der Waals surface area contributed by atoms with Crippen LogP contribution in [0.3, 0.4) is 0 Å². The normalized spacial score (nSPS) is 15.0. The van der Waals surface area contributed by atoms with Crippen molar-refractivity contribution in [3.8, 4) is 0 Å². The number of carbonyl (C=O) groups excluding carboxylic acids is 2. The summed E-state index contributed by atoms with van der Waals surface area (Å²) in [6, 6.07) is 0. The molecule has 0 bridgehead atoms. The fraction of sp³-hybridized carbons (Fsp3) is 0.750. The van der Waals surface area contributed by atoms with E-state index in [-0.39, 0.29) is 5.91 Å². The average Bonchev–Trinajstić information content (AvgIpc) is 2.00. The zero-order valence-corrected chi connectivity index (χ0v) is 7.83. The number of amides is 1. The van der Waals surface area contributed by atoms with Gasteiger partial charge in [-0.05, 0) is 0 Å². The molecule has 12 heavy (non-hydrogen) atoms. The van der Waals surface area contributed by atoms with E-state index in [9.17, 15) is 14.7 Å². The van der Waals surface area contributed by atoms with Crippen LogP contribution in [0.5, 0.6) is 0 Å². The Morgan fingerprint density at radius 2 is 1.58 bits per heavy atom. The number of hydrogen-bond donors (Lipinski definition) is 0. The van der Waals surface area contributed by atoms with Crippen molar-refractivity contribution < 1.29 is 14.7 Å². The van der Waals surface area contributed by atoms with E-state index in [4.69, 9.17) is 0 Å². The van der Waals surface area contributed by atoms with E-state index < -0.39 is 17.8 Å². The van der Waals surface area contributed by atoms with Gasteiger partial charge < -0.3 is 14.8 Å². The Hall–Kier alpha value is -1.06. The minimum Gasteiger partial charge on any atom is -0.550 e. The Bertz CT molecular complexity index is 189. The summed E-state index contributed by atoms with van der Waals surface area (Å²) in [6.07, 6.45) is 0. The van der Waals surface area contributed by atoms with E-state index in [1.807, 2.05) is 0 Å². The predicted octanol–water partition coefficient (Wildman–Crippen LogP) is -0.903. The molecule has 2 atom stereocenters. The van der Waals surface area contributed by atoms with Crippen molar-refractivity contribution in [1.82, 2.24) is 4.90 Å². The van der Waals surface area contributed by atoms with Gasteiger partial charge >= 0.3 is 0 Å². The minimum absolute atomic E-state index is 0.188. The Morgan fingerprint density at radius 3 is 1.83 bits per heavy atom. The monoisotopic (exact) mass is 172 g/mol. The largest absolute Gasteiger partial charge is 0.550 e. The lowest BCUT2D eigenvalue weighted by Crippen LogP contribution is -2.40. The molecule has 0 aromatic heterocycles. The van der Waals surface area contributed by atoms with Gasteiger partial charge in [-0.3, -0.25) is 4.79 Å². The second kappa shape index (κ2) is 4.09. The zero-order chi connectivity index (χ0) is 9.89. The number of carboxylic acid groups (broad SMARTS) is 1. The molecule has 0 radical (unpaired) electrons. The highest BCUT2D eigenvalue weighted by Gasteiger charge is 2.21. The number of rotatable bonds is 3. The third kappa shape index (κ3) is 2.53. The van der Waals surface area contributed by atoms with Crippen LogP contribution in [0, 0.1) is 11.8 Å². The predicted molar refractivity (Wildman–Crippen MR) is 42.0 cm³/mol. The van der Waals surface area contributed by atoms with Gasteiger partial charge in [-0.25, -0.2) is 0 Å². The number of aliphatic carboxylic acids is 1. The lowest BCUT2D eigenvalue weighted by Gasteiger charge is -2.22. The molecule has 0 heterocycles. The summed E-state index contributed by atoms with van der Waals surface area (Å²) in [6.45, 7) is 3.06. The highest BCUT2D eigenvalue weighted by molar-refractivity contribution is 5.83. The summed E-state index contributed by atoms with van der Waals surface area (Å²) in [4.78, 5) is 23.0. The zero-order valence-electron chi connectivity index (χ0n) is 7.83. The summed E-state index contributed by atoms with van der Waals surface area (Å²) < 4.78 is 0. The van der Waals surface area contributed by atoms with Gasteiger partial charge in [-0.2, -0.15) is 0 Å². The Morgan fingerprint density at radius 1 is 1.17 bits per heavy atom. The molecule has 70 valence electrons. The maximum Gasteiger partial charge on any atom is 0.225 e. The fourth-order valence-corrected chi connectivity index (χ4v) is 0.825. The van der Waals surface area contributed by atoms with E-state index in [0.29, 0.717) is 0 Å². The summed E-state index contributed by atoms with van der Waals surface area (Å²) >= 11 is 0. The van der Waals surface area contributed by atoms with Gasteiger partial charge in [-0.1, -0.05) is 13.8 Å². The Balaban J connectivity index is 4.29. The van der Waals surface area contributed by atoms with Crippen molar-refractivity contribution in [3.63, 3.8) is 0 Å². The van der Waals surface area contributed by atoms with Crippen LogP contribution < -0.4 is 5.11 Å². The Kier molecular flexibility index (Phi) is 3.73. The highest BCUT2D eigenvalue weighted by atomic mass is 16.4. The summed E-state index contributed by atoms with van der Waals surface area (Å²) in [5.74, 6) is -2.63. The van der Waals surface area contributed by atoms with Crippen LogP contribution in [0.1, 0.15) is 13.8 Å². The molecule has 1 amide bonds. The maximum atomic E-state index is 11.2. The van der Waals surface area contributed by atoms with Crippen LogP contribution in [0.4, 0.5) is 0 Å². The van der Waals surface area contributed by atoms with Crippen LogP contribution in [0.15, 0.2) is 0 Å². The molecule has 0 spiro atoms. The topological polar surface area (TPSA) is 60.4 Å². The summed E-state index contributed by atoms with van der Waals surface area (Å²) in [5, 5.41) is 10.4. The van der Waals surface area contributed by atoms with E-state index in [0.717, 1.165) is 0 Å². The van der Waals surface area contributed by atoms with Gasteiger partial charge in [0.15, 0.2) is 0 Å². The first-order valence-electron chi connectivity index (χ1n) is 3.80. The molecule has 0 fully saturated rings. The number of hydrogen-bond acceptors (Lipinski definition) is 3. The molecule has 0 aliphatic heterocycles. The summed E-state index contributed by atoms with van der Waals surface area (Å²) in [5.41, 5.74) is 0. The molecule has 0 saturated carbocycles. The van der Waals surface area contributed by atoms with Gasteiger partial charge in [0.2, 0.25) is 5.91 Å². The number of carbonyl (C=O) groups is 2. The number of carboxylic acids is 1. The second-order valence-corrected chi connectivity index (χ2v) is 3.13. The maximum absolute atomic E-state index is 11.2. The first-order valence-corrected chi connectivity index (χ1v) is 3.80. The Labute approximate surface area is 72.2 Å². The highest BCUT2D eigenvalue weighted by Crippen LogP contribution is 2.11. The van der Waals surface area contributed by atoms with E-state index in [1.165, 1.54) is 11.8 Å². The van der Waals surface area contributed by atoms with Crippen LogP contribution >= 0.6 is 0 Å². The van der Waals surface area contributed by atoms with Crippen molar-refractivity contribution in [3.05, 3.63) is 0 Å². The van der Waals surface area contributed by atoms with Crippen molar-refractivity contribution in [1.29, 1.82) is 0 Å². The molecular formula is C8H14NO3-. The first-order chi connectivity index (χ1) is 5.37. The van der Waals surface area contributed by atoms with Crippen LogP contribution in [-0.2, 0) is 9.59 Å². The lowest BCUT2D eigenvalue weighted by atomic mass is 9.95. The van der Waals surface area contributed by atoms with Crippen molar-refractivity contribution in [2.24, 2.45) is 11.8 Å². The van der Waals surface area contributed by atoms with Crippen molar-refractivity contribution in [2.45, 2.75) is 13.8 Å². The molecule has 4 nitrogen and oxygen atoms in total. The molecule has 0 aliphatic carbocycles. The quantitative estimate of drug-likeness (QED) is 0.554. The molecule has 0 N–H and O–H groups in total. The van der Waals surface area contributed by atoms with Crippen LogP contribution in [-0.4, -0.2) is 30.9 Å². The average molecular weight is 172 g/mol. The van der Waals surface area contributed by atoms with Crippen molar-refractivity contribution in [2.75, 3.05) is 14.1 Å². The lowest BCUT2D eigenvalue weighted by molar-refractivity contribution is -0.312. The molecular weight excluding hydrogens is 158 g/mol. The van der Waals surface area contributed by atoms with E-state index in [2.05, 4.69) is 0 Å². The smallest absolute Gasteiger partial charge is 0.225 e. The third-order valence-electron chi connectivity index (χ3n) is 1.95. The van der Waals surface area contributed by atoms with Crippen LogP contribution in [0.2, 0.25) is 0 Å². The molecule has 0 aromatic carbocycles. The van der Waals surface area contributed by atoms with E-state index in [1.54, 1.807) is 21.0 Å². The molecule has 2 unspecified atom stereocenters. The fourth-order valence-electron chi connectivity index (χ4n) is 0.825. The molecule has 0 rings (SSSR count). The van der Waals surface area contributed by atoms with Gasteiger partial charge in [0.1, 0.15) is 0 Å².